The molecule has 0 aliphatic heterocycles. The van der Waals surface area contributed by atoms with E-state index in [1.54, 1.807) is 20.1 Å². The topological polar surface area (TPSA) is 38.7 Å². The second-order valence-corrected chi connectivity index (χ2v) is 2.43. The number of aliphatic hydroxyl groups is 1. The van der Waals surface area contributed by atoms with E-state index in [9.17, 15) is 0 Å². The standard InChI is InChI=1S/C8H16O3/c1-4-8(5-7(2)9)11-6-10-3/h4,7-9H,1,5-6H2,2-3H3/t7-,8+/m1/s1. The Bertz CT molecular complexity index is 102. The van der Waals surface area contributed by atoms with Gasteiger partial charge in [-0.1, -0.05) is 6.08 Å². The number of aliphatic hydroxyl groups excluding tert-OH is 1. The van der Waals surface area contributed by atoms with E-state index in [1.807, 2.05) is 0 Å². The van der Waals surface area contributed by atoms with Crippen LogP contribution in [-0.2, 0) is 9.47 Å². The third-order valence-corrected chi connectivity index (χ3v) is 1.24. The Morgan fingerprint density at radius 2 is 2.27 bits per heavy atom. The molecule has 0 bridgehead atoms. The predicted octanol–water partition coefficient (Wildman–Crippen LogP) is 0.932. The zero-order valence-corrected chi connectivity index (χ0v) is 7.12. The van der Waals surface area contributed by atoms with Crippen molar-refractivity contribution < 1.29 is 14.6 Å². The Hall–Kier alpha value is -0.380. The molecule has 0 heterocycles. The van der Waals surface area contributed by atoms with Crippen LogP contribution in [0, 0.1) is 0 Å². The maximum Gasteiger partial charge on any atom is 0.147 e. The lowest BCUT2D eigenvalue weighted by Gasteiger charge is -2.14. The molecular weight excluding hydrogens is 144 g/mol. The maximum atomic E-state index is 8.98. The summed E-state index contributed by atoms with van der Waals surface area (Å²) < 4.78 is 9.86. The second-order valence-electron chi connectivity index (χ2n) is 2.43. The van der Waals surface area contributed by atoms with Gasteiger partial charge >= 0.3 is 0 Å². The van der Waals surface area contributed by atoms with Gasteiger partial charge in [-0.05, 0) is 6.92 Å². The number of ether oxygens (including phenoxy) is 2. The summed E-state index contributed by atoms with van der Waals surface area (Å²) in [6.07, 6.45) is 1.74. The largest absolute Gasteiger partial charge is 0.393 e. The fraction of sp³-hybridized carbons (Fsp3) is 0.750. The van der Waals surface area contributed by atoms with E-state index in [-0.39, 0.29) is 19.0 Å². The average Bonchev–Trinajstić information content (AvgIpc) is 1.97. The van der Waals surface area contributed by atoms with Gasteiger partial charge in [-0.3, -0.25) is 0 Å². The molecule has 3 nitrogen and oxygen atoms in total. The monoisotopic (exact) mass is 160 g/mol. The van der Waals surface area contributed by atoms with Crippen molar-refractivity contribution in [2.24, 2.45) is 0 Å². The highest BCUT2D eigenvalue weighted by Gasteiger charge is 2.06. The van der Waals surface area contributed by atoms with E-state index in [0.717, 1.165) is 0 Å². The highest BCUT2D eigenvalue weighted by molar-refractivity contribution is 4.80. The van der Waals surface area contributed by atoms with E-state index in [0.29, 0.717) is 6.42 Å². The molecule has 3 heteroatoms. The SMILES string of the molecule is C=C[C@@H](C[C@@H](C)O)OCOC. The summed E-state index contributed by atoms with van der Waals surface area (Å²) in [5.74, 6) is 0. The van der Waals surface area contributed by atoms with Crippen LogP contribution in [0.25, 0.3) is 0 Å². The highest BCUT2D eigenvalue weighted by atomic mass is 16.7. The first kappa shape index (κ1) is 10.6. The summed E-state index contributed by atoms with van der Waals surface area (Å²) in [7, 11) is 1.56. The summed E-state index contributed by atoms with van der Waals surface area (Å²) in [5, 5.41) is 8.98. The van der Waals surface area contributed by atoms with Crippen molar-refractivity contribution in [1.82, 2.24) is 0 Å². The van der Waals surface area contributed by atoms with E-state index in [1.165, 1.54) is 0 Å². The van der Waals surface area contributed by atoms with E-state index >= 15 is 0 Å². The van der Waals surface area contributed by atoms with Crippen LogP contribution in [-0.4, -0.2) is 31.2 Å². The van der Waals surface area contributed by atoms with Gasteiger partial charge in [0.15, 0.2) is 0 Å². The molecule has 0 aromatic carbocycles. The maximum absolute atomic E-state index is 8.98. The minimum atomic E-state index is -0.366. The van der Waals surface area contributed by atoms with Crippen LogP contribution in [0.2, 0.25) is 0 Å². The molecule has 0 aliphatic carbocycles. The molecule has 0 rings (SSSR count). The quantitative estimate of drug-likeness (QED) is 0.464. The van der Waals surface area contributed by atoms with Crippen LogP contribution < -0.4 is 0 Å². The third kappa shape index (κ3) is 6.04. The lowest BCUT2D eigenvalue weighted by Crippen LogP contribution is -2.17. The molecule has 1 N–H and O–H groups in total. The number of hydrogen-bond acceptors (Lipinski definition) is 3. The molecule has 0 saturated heterocycles. The zero-order chi connectivity index (χ0) is 8.69. The van der Waals surface area contributed by atoms with Gasteiger partial charge in [-0.15, -0.1) is 6.58 Å². The molecule has 66 valence electrons. The Labute approximate surface area is 67.6 Å². The highest BCUT2D eigenvalue weighted by Crippen LogP contribution is 2.03. The molecule has 0 fully saturated rings. The molecule has 0 aromatic heterocycles. The van der Waals surface area contributed by atoms with Gasteiger partial charge in [0.2, 0.25) is 0 Å². The minimum Gasteiger partial charge on any atom is -0.393 e. The summed E-state index contributed by atoms with van der Waals surface area (Å²) in [5.41, 5.74) is 0. The lowest BCUT2D eigenvalue weighted by molar-refractivity contribution is -0.0658. The van der Waals surface area contributed by atoms with Crippen LogP contribution in [0.3, 0.4) is 0 Å². The fourth-order valence-corrected chi connectivity index (χ4v) is 0.724. The summed E-state index contributed by atoms with van der Waals surface area (Å²) in [6.45, 7) is 5.53. The average molecular weight is 160 g/mol. The third-order valence-electron chi connectivity index (χ3n) is 1.24. The van der Waals surface area contributed by atoms with Crippen LogP contribution in [0.5, 0.6) is 0 Å². The second kappa shape index (κ2) is 6.34. The van der Waals surface area contributed by atoms with Crippen LogP contribution in [0.15, 0.2) is 12.7 Å². The molecule has 0 saturated carbocycles. The number of methoxy groups -OCH3 is 1. The summed E-state index contributed by atoms with van der Waals surface area (Å²) >= 11 is 0. The van der Waals surface area contributed by atoms with Crippen molar-refractivity contribution in [1.29, 1.82) is 0 Å². The van der Waals surface area contributed by atoms with Crippen LogP contribution in [0.1, 0.15) is 13.3 Å². The first-order chi connectivity index (χ1) is 5.20. The van der Waals surface area contributed by atoms with E-state index < -0.39 is 0 Å². The Morgan fingerprint density at radius 3 is 2.64 bits per heavy atom. The van der Waals surface area contributed by atoms with Crippen molar-refractivity contribution in [2.45, 2.75) is 25.6 Å². The van der Waals surface area contributed by atoms with Gasteiger partial charge in [0.1, 0.15) is 6.79 Å². The van der Waals surface area contributed by atoms with Gasteiger partial charge in [-0.2, -0.15) is 0 Å². The van der Waals surface area contributed by atoms with Gasteiger partial charge in [0, 0.05) is 13.5 Å². The van der Waals surface area contributed by atoms with Crippen molar-refractivity contribution in [3.63, 3.8) is 0 Å². The zero-order valence-electron chi connectivity index (χ0n) is 7.12. The fourth-order valence-electron chi connectivity index (χ4n) is 0.724. The lowest BCUT2D eigenvalue weighted by atomic mass is 10.2. The van der Waals surface area contributed by atoms with Gasteiger partial charge in [0.05, 0.1) is 12.2 Å². The number of rotatable bonds is 6. The predicted molar refractivity (Wildman–Crippen MR) is 43.2 cm³/mol. The number of hydrogen-bond donors (Lipinski definition) is 1. The molecule has 0 amide bonds. The van der Waals surface area contributed by atoms with Crippen molar-refractivity contribution in [2.75, 3.05) is 13.9 Å². The van der Waals surface area contributed by atoms with E-state index in [4.69, 9.17) is 14.6 Å². The van der Waals surface area contributed by atoms with Crippen molar-refractivity contribution >= 4 is 0 Å². The van der Waals surface area contributed by atoms with E-state index in [2.05, 4.69) is 6.58 Å². The Morgan fingerprint density at radius 1 is 1.64 bits per heavy atom. The summed E-state index contributed by atoms with van der Waals surface area (Å²) in [4.78, 5) is 0. The molecule has 0 unspecified atom stereocenters. The Kier molecular flexibility index (Phi) is 6.12. The van der Waals surface area contributed by atoms with Crippen LogP contribution in [0.4, 0.5) is 0 Å². The van der Waals surface area contributed by atoms with Crippen molar-refractivity contribution in [3.8, 4) is 0 Å². The first-order valence-corrected chi connectivity index (χ1v) is 3.61. The van der Waals surface area contributed by atoms with Gasteiger partial charge in [0.25, 0.3) is 0 Å². The molecular formula is C8H16O3. The first-order valence-electron chi connectivity index (χ1n) is 3.61. The summed E-state index contributed by atoms with van der Waals surface area (Å²) in [6, 6.07) is 0. The Balaban J connectivity index is 3.49. The van der Waals surface area contributed by atoms with Gasteiger partial charge < -0.3 is 14.6 Å². The molecule has 0 aliphatic rings. The molecule has 0 spiro atoms. The molecule has 0 aromatic rings. The van der Waals surface area contributed by atoms with Crippen molar-refractivity contribution in [3.05, 3.63) is 12.7 Å². The molecule has 2 atom stereocenters. The normalized spacial score (nSPS) is 15.9. The smallest absolute Gasteiger partial charge is 0.147 e. The molecule has 0 radical (unpaired) electrons. The van der Waals surface area contributed by atoms with Gasteiger partial charge in [-0.25, -0.2) is 0 Å². The minimum absolute atomic E-state index is 0.116. The van der Waals surface area contributed by atoms with Crippen LogP contribution >= 0.6 is 0 Å². The molecule has 11 heavy (non-hydrogen) atoms.